The monoisotopic (exact) mass is 606 g/mol. The van der Waals surface area contributed by atoms with Gasteiger partial charge in [0.15, 0.2) is 0 Å². The Kier molecular flexibility index (Phi) is 11.7. The first-order valence-electron chi connectivity index (χ1n) is 13.5. The molecular weight excluding hydrogens is 563 g/mol. The van der Waals surface area contributed by atoms with Gasteiger partial charge in [-0.15, -0.1) is 11.5 Å². The van der Waals surface area contributed by atoms with Crippen molar-refractivity contribution < 1.29 is 26.7 Å². The number of nitrogens with zero attached hydrogens (tertiary/aromatic N) is 2. The summed E-state index contributed by atoms with van der Waals surface area (Å²) in [5.74, 6) is -0.887. The Morgan fingerprint density at radius 3 is 1.73 bits per heavy atom. The topological polar surface area (TPSA) is 71.4 Å². The fourth-order valence-corrected chi connectivity index (χ4v) is 4.67. The Hall–Kier alpha value is -2.36. The van der Waals surface area contributed by atoms with E-state index in [1.165, 1.54) is 11.1 Å². The number of rotatable bonds is 2. The van der Waals surface area contributed by atoms with Crippen molar-refractivity contribution in [3.8, 4) is 11.5 Å². The minimum Gasteiger partial charge on any atom is -0.873 e. The van der Waals surface area contributed by atoms with Gasteiger partial charge in [-0.2, -0.15) is 0 Å². The molecule has 0 aliphatic heterocycles. The zero-order chi connectivity index (χ0) is 30.0. The fourth-order valence-electron chi connectivity index (χ4n) is 4.19. The molecule has 1 heterocycles. The van der Waals surface area contributed by atoms with E-state index in [4.69, 9.17) is 16.6 Å². The zero-order valence-electron chi connectivity index (χ0n) is 26.1. The average molecular weight is 608 g/mol. The molecule has 0 saturated carbocycles. The van der Waals surface area contributed by atoms with E-state index in [9.17, 15) is 10.2 Å². The molecule has 0 aliphatic rings. The van der Waals surface area contributed by atoms with Crippen LogP contribution in [0.2, 0.25) is 5.02 Å². The number of hydrogen-bond donors (Lipinski definition) is 0. The molecule has 0 fully saturated rings. The molecule has 2 aromatic carbocycles. The van der Waals surface area contributed by atoms with Crippen LogP contribution in [0.3, 0.4) is 0 Å². The van der Waals surface area contributed by atoms with E-state index < -0.39 is 16.9 Å². The van der Waals surface area contributed by atoms with Crippen LogP contribution in [0.5, 0.6) is 11.5 Å². The summed E-state index contributed by atoms with van der Waals surface area (Å²) in [6.07, 6.45) is 3.63. The van der Waals surface area contributed by atoms with Crippen LogP contribution < -0.4 is 10.2 Å². The SMILES string of the molecule is CC(C)(C)c1cc(Cl)c(C(C)(C)C)c([O-])c1[O-].CC(C)(C)c1ccc(C(C)(C)C)c(N=Cc2ccccn2)c1.[Ni+2]. The van der Waals surface area contributed by atoms with Gasteiger partial charge in [0.05, 0.1) is 17.6 Å². The molecular formula is C34H45ClN2NiO2. The van der Waals surface area contributed by atoms with Gasteiger partial charge in [0.2, 0.25) is 0 Å². The zero-order valence-corrected chi connectivity index (χ0v) is 27.8. The predicted molar refractivity (Wildman–Crippen MR) is 163 cm³/mol. The second-order valence-corrected chi connectivity index (χ2v) is 14.6. The molecule has 220 valence electrons. The predicted octanol–water partition coefficient (Wildman–Crippen LogP) is 8.51. The molecule has 40 heavy (non-hydrogen) atoms. The molecule has 0 atom stereocenters. The second kappa shape index (κ2) is 13.1. The van der Waals surface area contributed by atoms with Crippen molar-refractivity contribution in [2.45, 2.75) is 105 Å². The molecule has 0 unspecified atom stereocenters. The van der Waals surface area contributed by atoms with Crippen LogP contribution in [-0.2, 0) is 38.2 Å². The Labute approximate surface area is 257 Å². The molecule has 0 radical (unpaired) electrons. The molecule has 4 nitrogen and oxygen atoms in total. The maximum atomic E-state index is 12.1. The summed E-state index contributed by atoms with van der Waals surface area (Å²) in [6.45, 7) is 24.7. The molecule has 0 amide bonds. The van der Waals surface area contributed by atoms with Gasteiger partial charge >= 0.3 is 16.5 Å². The summed E-state index contributed by atoms with van der Waals surface area (Å²) in [6, 6.07) is 14.1. The van der Waals surface area contributed by atoms with E-state index in [0.717, 1.165) is 11.4 Å². The van der Waals surface area contributed by atoms with Gasteiger partial charge in [-0.3, -0.25) is 9.98 Å². The van der Waals surface area contributed by atoms with Gasteiger partial charge in [0.25, 0.3) is 0 Å². The summed E-state index contributed by atoms with van der Waals surface area (Å²) in [4.78, 5) is 9.04. The fraction of sp³-hybridized carbons (Fsp3) is 0.471. The van der Waals surface area contributed by atoms with E-state index in [1.807, 2.05) is 66.0 Å². The van der Waals surface area contributed by atoms with Crippen molar-refractivity contribution in [3.63, 3.8) is 0 Å². The first-order valence-corrected chi connectivity index (χ1v) is 13.8. The first kappa shape index (κ1) is 35.7. The van der Waals surface area contributed by atoms with E-state index in [2.05, 4.69) is 64.7 Å². The summed E-state index contributed by atoms with van der Waals surface area (Å²) in [5, 5.41) is 24.6. The first-order chi connectivity index (χ1) is 17.6. The molecule has 0 spiro atoms. The van der Waals surface area contributed by atoms with Crippen LogP contribution in [0.15, 0.2) is 53.7 Å². The average Bonchev–Trinajstić information content (AvgIpc) is 2.78. The number of halogens is 1. The third-order valence-corrected chi connectivity index (χ3v) is 6.74. The van der Waals surface area contributed by atoms with Crippen molar-refractivity contribution in [1.29, 1.82) is 0 Å². The number of benzene rings is 2. The number of aromatic nitrogens is 1. The van der Waals surface area contributed by atoms with Gasteiger partial charge < -0.3 is 10.2 Å². The summed E-state index contributed by atoms with van der Waals surface area (Å²) in [7, 11) is 0. The molecule has 0 aliphatic carbocycles. The van der Waals surface area contributed by atoms with Crippen molar-refractivity contribution in [1.82, 2.24) is 4.98 Å². The van der Waals surface area contributed by atoms with Gasteiger partial charge in [-0.1, -0.05) is 113 Å². The van der Waals surface area contributed by atoms with Crippen LogP contribution in [0.25, 0.3) is 0 Å². The van der Waals surface area contributed by atoms with Gasteiger partial charge in [0.1, 0.15) is 0 Å². The van der Waals surface area contributed by atoms with Crippen molar-refractivity contribution >= 4 is 23.5 Å². The van der Waals surface area contributed by atoms with Crippen LogP contribution in [0.1, 0.15) is 111 Å². The van der Waals surface area contributed by atoms with Crippen molar-refractivity contribution in [2.75, 3.05) is 0 Å². The van der Waals surface area contributed by atoms with Gasteiger partial charge in [-0.05, 0) is 68.2 Å². The standard InChI is InChI=1S/C20H26N2.C14H21ClO2.Ni/c1-19(2,3)15-10-11-17(20(4,5)6)18(13-15)22-14-16-9-7-8-12-21-16;1-13(2,3)8-7-9(15)10(14(4,5)6)12(17)11(8)16;/h7-14H,1-6H3;7,16-17H,1-6H3;/q;;+2/p-2. The molecule has 3 aromatic rings. The number of pyridine rings is 1. The smallest absolute Gasteiger partial charge is 0.873 e. The van der Waals surface area contributed by atoms with E-state index in [1.54, 1.807) is 12.3 Å². The van der Waals surface area contributed by atoms with Crippen molar-refractivity contribution in [3.05, 3.63) is 81.6 Å². The Morgan fingerprint density at radius 1 is 0.700 bits per heavy atom. The quantitative estimate of drug-likeness (QED) is 0.217. The maximum Gasteiger partial charge on any atom is 2.00 e. The van der Waals surface area contributed by atoms with E-state index in [-0.39, 0.29) is 32.7 Å². The van der Waals surface area contributed by atoms with E-state index in [0.29, 0.717) is 16.1 Å². The molecule has 0 bridgehead atoms. The summed E-state index contributed by atoms with van der Waals surface area (Å²) < 4.78 is 0. The summed E-state index contributed by atoms with van der Waals surface area (Å²) >= 11 is 6.16. The Balaban J connectivity index is 0.000000403. The van der Waals surface area contributed by atoms with E-state index >= 15 is 0 Å². The minimum atomic E-state index is -0.463. The molecule has 6 heteroatoms. The number of aliphatic imine (C=N–C) groups is 1. The van der Waals surface area contributed by atoms with Gasteiger partial charge in [0, 0.05) is 11.2 Å². The molecule has 1 aromatic heterocycles. The normalized spacial score (nSPS) is 12.5. The van der Waals surface area contributed by atoms with Gasteiger partial charge in [-0.25, -0.2) is 0 Å². The third kappa shape index (κ3) is 9.35. The second-order valence-electron chi connectivity index (χ2n) is 14.2. The van der Waals surface area contributed by atoms with Crippen LogP contribution >= 0.6 is 11.6 Å². The Bertz CT molecular complexity index is 1310. The minimum absolute atomic E-state index is 0. The van der Waals surface area contributed by atoms with Crippen LogP contribution in [0.4, 0.5) is 5.69 Å². The van der Waals surface area contributed by atoms with Crippen LogP contribution in [0, 0.1) is 0 Å². The maximum absolute atomic E-state index is 12.1. The van der Waals surface area contributed by atoms with Crippen molar-refractivity contribution in [2.24, 2.45) is 4.99 Å². The molecule has 3 rings (SSSR count). The van der Waals surface area contributed by atoms with Crippen LogP contribution in [-0.4, -0.2) is 11.2 Å². The molecule has 0 N–H and O–H groups in total. The molecule has 0 saturated heterocycles. The third-order valence-electron chi connectivity index (χ3n) is 6.44. The largest absolute Gasteiger partial charge is 2.00 e. The number of hydrogen-bond acceptors (Lipinski definition) is 4. The Morgan fingerprint density at radius 2 is 1.27 bits per heavy atom. The summed E-state index contributed by atoms with van der Waals surface area (Å²) in [5.41, 5.74) is 4.77.